The molecular weight excluding hydrogens is 166 g/mol. The zero-order chi connectivity index (χ0) is 9.10. The summed E-state index contributed by atoms with van der Waals surface area (Å²) in [6, 6.07) is 1.91. The number of hydrogen-bond acceptors (Lipinski definition) is 3. The predicted molar refractivity (Wildman–Crippen MR) is 48.9 cm³/mol. The highest BCUT2D eigenvalue weighted by Gasteiger charge is 1.94. The maximum absolute atomic E-state index is 5.47. The molecule has 0 saturated heterocycles. The summed E-state index contributed by atoms with van der Waals surface area (Å²) < 4.78 is 3.81. The van der Waals surface area contributed by atoms with Crippen LogP contribution in [0.15, 0.2) is 31.0 Å². The van der Waals surface area contributed by atoms with Gasteiger partial charge in [0.15, 0.2) is 0 Å². The standard InChI is InChI=1S/C8H11N5/c9-8-6-12(7-10-8)4-5-13-3-1-2-11-13/h1-3,6-7H,4-5,9H2. The Labute approximate surface area is 75.8 Å². The van der Waals surface area contributed by atoms with Crippen molar-refractivity contribution in [1.82, 2.24) is 19.3 Å². The van der Waals surface area contributed by atoms with Crippen molar-refractivity contribution in [3.8, 4) is 0 Å². The summed E-state index contributed by atoms with van der Waals surface area (Å²) in [5.74, 6) is 0.556. The SMILES string of the molecule is Nc1cn(CCn2cccn2)cn1. The van der Waals surface area contributed by atoms with Gasteiger partial charge < -0.3 is 10.3 Å². The minimum atomic E-state index is 0.556. The summed E-state index contributed by atoms with van der Waals surface area (Å²) in [5.41, 5.74) is 5.47. The molecule has 0 spiro atoms. The average molecular weight is 177 g/mol. The molecule has 0 atom stereocenters. The average Bonchev–Trinajstić information content (AvgIpc) is 2.71. The maximum atomic E-state index is 5.47. The molecule has 0 unspecified atom stereocenters. The Hall–Kier alpha value is -1.78. The van der Waals surface area contributed by atoms with E-state index in [1.54, 1.807) is 12.5 Å². The minimum absolute atomic E-state index is 0.556. The first-order valence-corrected chi connectivity index (χ1v) is 4.09. The first kappa shape index (κ1) is 7.85. The zero-order valence-electron chi connectivity index (χ0n) is 7.17. The second kappa shape index (κ2) is 3.30. The molecule has 2 aromatic heterocycles. The van der Waals surface area contributed by atoms with E-state index in [2.05, 4.69) is 10.1 Å². The number of aromatic nitrogens is 4. The van der Waals surface area contributed by atoms with Crippen molar-refractivity contribution < 1.29 is 0 Å². The number of aryl methyl sites for hydroxylation is 2. The van der Waals surface area contributed by atoms with Crippen LogP contribution in [0.3, 0.4) is 0 Å². The number of hydrogen-bond donors (Lipinski definition) is 1. The summed E-state index contributed by atoms with van der Waals surface area (Å²) >= 11 is 0. The van der Waals surface area contributed by atoms with Crippen LogP contribution in [0.4, 0.5) is 5.82 Å². The van der Waals surface area contributed by atoms with E-state index in [1.165, 1.54) is 0 Å². The molecule has 0 radical (unpaired) electrons. The third-order valence-electron chi connectivity index (χ3n) is 1.80. The molecule has 0 amide bonds. The van der Waals surface area contributed by atoms with Gasteiger partial charge in [-0.05, 0) is 6.07 Å². The summed E-state index contributed by atoms with van der Waals surface area (Å²) in [5, 5.41) is 4.09. The molecule has 0 aliphatic carbocycles. The van der Waals surface area contributed by atoms with Crippen molar-refractivity contribution in [2.24, 2.45) is 0 Å². The van der Waals surface area contributed by atoms with Crippen LogP contribution in [0.2, 0.25) is 0 Å². The second-order valence-corrected chi connectivity index (χ2v) is 2.81. The lowest BCUT2D eigenvalue weighted by Crippen LogP contribution is -2.05. The van der Waals surface area contributed by atoms with Gasteiger partial charge in [-0.3, -0.25) is 4.68 Å². The van der Waals surface area contributed by atoms with Gasteiger partial charge in [-0.25, -0.2) is 4.98 Å². The van der Waals surface area contributed by atoms with Gasteiger partial charge in [0.2, 0.25) is 0 Å². The number of rotatable bonds is 3. The Morgan fingerprint density at radius 3 is 2.92 bits per heavy atom. The molecular formula is C8H11N5. The van der Waals surface area contributed by atoms with E-state index in [0.29, 0.717) is 5.82 Å². The third kappa shape index (κ3) is 1.87. The van der Waals surface area contributed by atoms with Gasteiger partial charge in [-0.2, -0.15) is 5.10 Å². The highest BCUT2D eigenvalue weighted by atomic mass is 15.3. The minimum Gasteiger partial charge on any atom is -0.382 e. The van der Waals surface area contributed by atoms with Crippen LogP contribution in [0, 0.1) is 0 Å². The lowest BCUT2D eigenvalue weighted by Gasteiger charge is -2.01. The van der Waals surface area contributed by atoms with Crippen LogP contribution >= 0.6 is 0 Å². The molecule has 2 aromatic rings. The summed E-state index contributed by atoms with van der Waals surface area (Å²) in [7, 11) is 0. The molecule has 2 N–H and O–H groups in total. The molecule has 0 aliphatic heterocycles. The number of anilines is 1. The molecule has 0 aromatic carbocycles. The van der Waals surface area contributed by atoms with Gasteiger partial charge in [-0.1, -0.05) is 0 Å². The highest BCUT2D eigenvalue weighted by molar-refractivity contribution is 5.22. The predicted octanol–water partition coefficient (Wildman–Crippen LogP) is 0.362. The monoisotopic (exact) mass is 177 g/mol. The van der Waals surface area contributed by atoms with Crippen LogP contribution in [0.1, 0.15) is 0 Å². The second-order valence-electron chi connectivity index (χ2n) is 2.81. The van der Waals surface area contributed by atoms with Crippen LogP contribution in [0.25, 0.3) is 0 Å². The Morgan fingerprint density at radius 2 is 2.31 bits per heavy atom. The fraction of sp³-hybridized carbons (Fsp3) is 0.250. The summed E-state index contributed by atoms with van der Waals surface area (Å²) in [6.45, 7) is 1.68. The van der Waals surface area contributed by atoms with Crippen molar-refractivity contribution in [2.75, 3.05) is 5.73 Å². The quantitative estimate of drug-likeness (QED) is 0.736. The summed E-state index contributed by atoms with van der Waals surface area (Å²) in [4.78, 5) is 3.93. The molecule has 0 saturated carbocycles. The summed E-state index contributed by atoms with van der Waals surface area (Å²) in [6.07, 6.45) is 7.23. The van der Waals surface area contributed by atoms with Gasteiger partial charge in [0.05, 0.1) is 12.9 Å². The molecule has 2 heterocycles. The fourth-order valence-electron chi connectivity index (χ4n) is 1.15. The number of nitrogen functional groups attached to an aromatic ring is 1. The van der Waals surface area contributed by atoms with E-state index in [9.17, 15) is 0 Å². The van der Waals surface area contributed by atoms with Crippen molar-refractivity contribution in [2.45, 2.75) is 13.1 Å². The Balaban J connectivity index is 1.93. The molecule has 68 valence electrons. The van der Waals surface area contributed by atoms with Gasteiger partial charge in [0.1, 0.15) is 5.82 Å². The number of imidazole rings is 1. The van der Waals surface area contributed by atoms with Crippen LogP contribution < -0.4 is 5.73 Å². The molecule has 5 nitrogen and oxygen atoms in total. The molecule has 13 heavy (non-hydrogen) atoms. The van der Waals surface area contributed by atoms with Gasteiger partial charge in [0, 0.05) is 25.1 Å². The normalized spacial score (nSPS) is 10.5. The molecule has 5 heteroatoms. The van der Waals surface area contributed by atoms with Crippen LogP contribution in [0.5, 0.6) is 0 Å². The van der Waals surface area contributed by atoms with Gasteiger partial charge in [-0.15, -0.1) is 0 Å². The smallest absolute Gasteiger partial charge is 0.141 e. The van der Waals surface area contributed by atoms with E-state index in [0.717, 1.165) is 13.1 Å². The maximum Gasteiger partial charge on any atom is 0.141 e. The topological polar surface area (TPSA) is 61.7 Å². The van der Waals surface area contributed by atoms with E-state index in [-0.39, 0.29) is 0 Å². The van der Waals surface area contributed by atoms with E-state index >= 15 is 0 Å². The van der Waals surface area contributed by atoms with E-state index in [1.807, 2.05) is 27.7 Å². The first-order chi connectivity index (χ1) is 6.34. The Morgan fingerprint density at radius 1 is 1.38 bits per heavy atom. The van der Waals surface area contributed by atoms with Crippen LogP contribution in [-0.4, -0.2) is 19.3 Å². The molecule has 0 fully saturated rings. The zero-order valence-corrected chi connectivity index (χ0v) is 7.17. The van der Waals surface area contributed by atoms with Gasteiger partial charge in [0.25, 0.3) is 0 Å². The lowest BCUT2D eigenvalue weighted by molar-refractivity contribution is 0.533. The van der Waals surface area contributed by atoms with E-state index in [4.69, 9.17) is 5.73 Å². The highest BCUT2D eigenvalue weighted by Crippen LogP contribution is 1.97. The largest absolute Gasteiger partial charge is 0.382 e. The van der Waals surface area contributed by atoms with Crippen molar-refractivity contribution in [3.63, 3.8) is 0 Å². The van der Waals surface area contributed by atoms with Crippen LogP contribution in [-0.2, 0) is 13.1 Å². The van der Waals surface area contributed by atoms with Gasteiger partial charge >= 0.3 is 0 Å². The van der Waals surface area contributed by atoms with Crippen molar-refractivity contribution in [3.05, 3.63) is 31.0 Å². The molecule has 2 rings (SSSR count). The fourth-order valence-corrected chi connectivity index (χ4v) is 1.15. The van der Waals surface area contributed by atoms with Crippen molar-refractivity contribution >= 4 is 5.82 Å². The van der Waals surface area contributed by atoms with Crippen molar-refractivity contribution in [1.29, 1.82) is 0 Å². The molecule has 0 aliphatic rings. The van der Waals surface area contributed by atoms with E-state index < -0.39 is 0 Å². The number of nitrogens with two attached hydrogens (primary N) is 1. The molecule has 0 bridgehead atoms. The third-order valence-corrected chi connectivity index (χ3v) is 1.80. The lowest BCUT2D eigenvalue weighted by atomic mass is 10.6. The first-order valence-electron chi connectivity index (χ1n) is 4.09. The number of nitrogens with zero attached hydrogens (tertiary/aromatic N) is 4. The Kier molecular flexibility index (Phi) is 1.99. The Bertz CT molecular complexity index is 362.